The number of aromatic nitrogens is 3. The van der Waals surface area contributed by atoms with Gasteiger partial charge in [-0.25, -0.2) is 0 Å². The number of ether oxygens (including phenoxy) is 2. The largest absolute Gasteiger partial charge is 0.347 e. The van der Waals surface area contributed by atoms with Gasteiger partial charge in [-0.2, -0.15) is 24.2 Å². The summed E-state index contributed by atoms with van der Waals surface area (Å²) in [5, 5.41) is 18.0. The number of carbonyl (C=O) groups is 3. The van der Waals surface area contributed by atoms with E-state index >= 15 is 0 Å². The molecule has 2 fully saturated rings. The minimum Gasteiger partial charge on any atom is -0.347 e. The number of hydrogen-bond donors (Lipinski definition) is 3. The van der Waals surface area contributed by atoms with Crippen molar-refractivity contribution in [3.8, 4) is 22.4 Å². The lowest BCUT2D eigenvalue weighted by atomic mass is 10.0. The number of alkyl halides is 2. The Morgan fingerprint density at radius 3 is 2.67 bits per heavy atom. The lowest BCUT2D eigenvalue weighted by molar-refractivity contribution is -0.152. The maximum atomic E-state index is 14.9. The van der Waals surface area contributed by atoms with Crippen molar-refractivity contribution >= 4 is 29.1 Å². The zero-order chi connectivity index (χ0) is 31.3. The summed E-state index contributed by atoms with van der Waals surface area (Å²) in [6.07, 6.45) is 1.75. The second-order valence-corrected chi connectivity index (χ2v) is 12.2. The van der Waals surface area contributed by atoms with Crippen LogP contribution in [0.4, 0.5) is 8.78 Å². The smallest absolute Gasteiger partial charge is 0.299 e. The molecule has 3 amide bonds. The van der Waals surface area contributed by atoms with Gasteiger partial charge in [0, 0.05) is 38.9 Å². The van der Waals surface area contributed by atoms with Crippen LogP contribution >= 0.6 is 11.3 Å². The van der Waals surface area contributed by atoms with Gasteiger partial charge in [0.2, 0.25) is 11.8 Å². The molecule has 1 aliphatic carbocycles. The Hall–Kier alpha value is -4.53. The quantitative estimate of drug-likeness (QED) is 0.283. The molecule has 0 unspecified atom stereocenters. The summed E-state index contributed by atoms with van der Waals surface area (Å²) >= 11 is 1.46. The number of rotatable bonds is 7. The summed E-state index contributed by atoms with van der Waals surface area (Å²) in [5.41, 5.74) is 2.05. The number of H-pyrrole nitrogens is 1. The van der Waals surface area contributed by atoms with E-state index in [0.29, 0.717) is 24.5 Å². The van der Waals surface area contributed by atoms with Crippen molar-refractivity contribution in [1.82, 2.24) is 30.9 Å². The minimum atomic E-state index is -3.16. The predicted octanol–water partition coefficient (Wildman–Crippen LogP) is 3.60. The molecule has 232 valence electrons. The van der Waals surface area contributed by atoms with Crippen molar-refractivity contribution in [3.63, 3.8) is 0 Å². The zero-order valence-corrected chi connectivity index (χ0v) is 24.8. The molecule has 0 bridgehead atoms. The molecule has 4 heterocycles. The highest BCUT2D eigenvalue weighted by Gasteiger charge is 2.52. The van der Waals surface area contributed by atoms with Gasteiger partial charge < -0.3 is 25.0 Å². The maximum absolute atomic E-state index is 14.9. The first-order valence-electron chi connectivity index (χ1n) is 14.4. The van der Waals surface area contributed by atoms with E-state index in [1.54, 1.807) is 24.4 Å². The van der Waals surface area contributed by atoms with Crippen LogP contribution in [0.25, 0.3) is 22.4 Å². The number of halogens is 2. The van der Waals surface area contributed by atoms with E-state index < -0.39 is 36.1 Å². The molecule has 4 aromatic rings. The molecule has 45 heavy (non-hydrogen) atoms. The third kappa shape index (κ3) is 5.18. The Morgan fingerprint density at radius 1 is 1.11 bits per heavy atom. The number of nitrogens with one attached hydrogen (secondary N) is 3. The number of hydrogen-bond acceptors (Lipinski definition) is 8. The van der Waals surface area contributed by atoms with E-state index in [0.717, 1.165) is 10.4 Å². The number of thiophene rings is 1. The zero-order valence-electron chi connectivity index (χ0n) is 24.0. The number of benzene rings is 2. The first kappa shape index (κ1) is 29.2. The molecule has 0 saturated carbocycles. The molecule has 2 saturated heterocycles. The van der Waals surface area contributed by atoms with Crippen molar-refractivity contribution < 1.29 is 32.6 Å². The van der Waals surface area contributed by atoms with Gasteiger partial charge in [-0.15, -0.1) is 11.3 Å². The van der Waals surface area contributed by atoms with Crippen molar-refractivity contribution in [2.75, 3.05) is 26.3 Å². The summed E-state index contributed by atoms with van der Waals surface area (Å²) in [7, 11) is 0. The van der Waals surface area contributed by atoms with E-state index in [2.05, 4.69) is 26.0 Å². The fourth-order valence-corrected chi connectivity index (χ4v) is 7.07. The lowest BCUT2D eigenvalue weighted by Crippen LogP contribution is -2.49. The van der Waals surface area contributed by atoms with Crippen LogP contribution in [-0.2, 0) is 25.0 Å². The van der Waals surface area contributed by atoms with Crippen LogP contribution in [0.2, 0.25) is 0 Å². The highest BCUT2D eigenvalue weighted by molar-refractivity contribution is 7.10. The van der Waals surface area contributed by atoms with Crippen LogP contribution in [0, 0.1) is 0 Å². The Morgan fingerprint density at radius 2 is 1.89 bits per heavy atom. The molecule has 11 nitrogen and oxygen atoms in total. The summed E-state index contributed by atoms with van der Waals surface area (Å²) in [6.45, 7) is 2.13. The van der Waals surface area contributed by atoms with Crippen molar-refractivity contribution in [2.45, 2.75) is 37.1 Å². The second-order valence-electron chi connectivity index (χ2n) is 11.2. The maximum Gasteiger partial charge on any atom is 0.299 e. The van der Waals surface area contributed by atoms with Gasteiger partial charge in [-0.1, -0.05) is 30.3 Å². The van der Waals surface area contributed by atoms with Crippen LogP contribution in [-0.4, -0.2) is 76.2 Å². The first-order chi connectivity index (χ1) is 21.6. The Bertz CT molecular complexity index is 1790. The van der Waals surface area contributed by atoms with Gasteiger partial charge in [0.25, 0.3) is 11.8 Å². The molecule has 3 N–H and O–H groups in total. The third-order valence-corrected chi connectivity index (χ3v) is 9.54. The van der Waals surface area contributed by atoms with Crippen LogP contribution in [0.1, 0.15) is 45.7 Å². The number of likely N-dealkylation sites (tertiary alicyclic amines) is 1. The van der Waals surface area contributed by atoms with E-state index in [9.17, 15) is 23.2 Å². The van der Waals surface area contributed by atoms with Crippen LogP contribution in [0.3, 0.4) is 0 Å². The number of nitrogens with zero attached hydrogens (tertiary/aromatic N) is 3. The minimum absolute atomic E-state index is 0.0220. The van der Waals surface area contributed by atoms with Crippen LogP contribution in [0.5, 0.6) is 0 Å². The molecule has 1 spiro atoms. The van der Waals surface area contributed by atoms with E-state index in [4.69, 9.17) is 9.47 Å². The number of aromatic amines is 1. The highest BCUT2D eigenvalue weighted by atomic mass is 32.1. The van der Waals surface area contributed by atoms with Crippen LogP contribution < -0.4 is 10.6 Å². The number of carbonyl (C=O) groups excluding carboxylic acids is 3. The fraction of sp³-hybridized carbons (Fsp3) is 0.323. The van der Waals surface area contributed by atoms with Gasteiger partial charge in [0.05, 0.1) is 38.5 Å². The third-order valence-electron chi connectivity index (χ3n) is 8.42. The topological polar surface area (TPSA) is 139 Å². The average molecular weight is 635 g/mol. The van der Waals surface area contributed by atoms with Crippen molar-refractivity contribution in [2.24, 2.45) is 0 Å². The van der Waals surface area contributed by atoms with Gasteiger partial charge in [0.1, 0.15) is 11.7 Å². The number of fused-ring (bicyclic) bond motifs is 3. The van der Waals surface area contributed by atoms with Gasteiger partial charge >= 0.3 is 0 Å². The van der Waals surface area contributed by atoms with Gasteiger partial charge in [-0.05, 0) is 36.2 Å². The average Bonchev–Trinajstić information content (AvgIpc) is 3.88. The molecular formula is C31H28F2N6O5S. The van der Waals surface area contributed by atoms with Crippen molar-refractivity contribution in [1.29, 1.82) is 0 Å². The molecule has 14 heteroatoms. The summed E-state index contributed by atoms with van der Waals surface area (Å²) in [4.78, 5) is 42.4. The molecule has 0 radical (unpaired) electrons. The van der Waals surface area contributed by atoms with Gasteiger partial charge in [0.15, 0.2) is 5.79 Å². The molecule has 3 aliphatic rings. The predicted molar refractivity (Wildman–Crippen MR) is 158 cm³/mol. The molecule has 2 atom stereocenters. The summed E-state index contributed by atoms with van der Waals surface area (Å²) < 4.78 is 41.5. The fourth-order valence-electron chi connectivity index (χ4n) is 6.16. The van der Waals surface area contributed by atoms with Crippen LogP contribution in [0.15, 0.2) is 60.1 Å². The number of amides is 3. The van der Waals surface area contributed by atoms with E-state index in [-0.39, 0.29) is 47.2 Å². The van der Waals surface area contributed by atoms with E-state index in [1.165, 1.54) is 40.5 Å². The lowest BCUT2D eigenvalue weighted by Gasteiger charge is -2.25. The molecule has 2 aliphatic heterocycles. The summed E-state index contributed by atoms with van der Waals surface area (Å²) in [5.74, 6) is -5.76. The SMILES string of the molecule is C[C@@H](NC(=O)[C@@H]1CC2(CN1C(=O)CNC(=O)c1ccc3c(c1)-c1ccccc1C3(F)F)OCCO2)c1cc(-c2cn[nH]n2)cs1. The van der Waals surface area contributed by atoms with E-state index in [1.807, 2.05) is 18.4 Å². The Kier molecular flexibility index (Phi) is 7.22. The molecule has 7 rings (SSSR count). The highest BCUT2D eigenvalue weighted by Crippen LogP contribution is 2.51. The first-order valence-corrected chi connectivity index (χ1v) is 15.3. The Labute approximate surface area is 259 Å². The molecular weight excluding hydrogens is 606 g/mol. The Balaban J connectivity index is 1.04. The monoisotopic (exact) mass is 634 g/mol. The summed E-state index contributed by atoms with van der Waals surface area (Å²) in [6, 6.07) is 10.8. The van der Waals surface area contributed by atoms with Gasteiger partial charge in [-0.3, -0.25) is 14.4 Å². The second kappa shape index (κ2) is 11.1. The molecule has 2 aromatic carbocycles. The van der Waals surface area contributed by atoms with Crippen molar-refractivity contribution in [3.05, 3.63) is 81.7 Å². The normalized spacial score (nSPS) is 19.7. The molecule has 2 aromatic heterocycles. The standard InChI is InChI=1S/C31H28F2N6O5S/c1-17(26-11-19(15-45-26)24-13-35-38-37-24)36-29(42)25-12-30(43-8-9-44-30)16-39(25)27(40)14-34-28(41)18-6-7-23-21(10-18)20-4-2-3-5-22(20)31(23,32)33/h2-7,10-11,13,15,17,25H,8-9,12,14,16H2,1H3,(H,34,41)(H,36,42)(H,35,37,38)/t17-,25+/m1/s1.